The summed E-state index contributed by atoms with van der Waals surface area (Å²) in [6, 6.07) is 8.90. The van der Waals surface area contributed by atoms with Crippen LogP contribution in [0, 0.1) is 5.82 Å². The van der Waals surface area contributed by atoms with Crippen molar-refractivity contribution in [3.05, 3.63) is 69.4 Å². The van der Waals surface area contributed by atoms with Crippen LogP contribution in [0.2, 0.25) is 0 Å². The quantitative estimate of drug-likeness (QED) is 0.504. The Hall–Kier alpha value is -2.46. The van der Waals surface area contributed by atoms with E-state index in [0.717, 1.165) is 28.6 Å². The summed E-state index contributed by atoms with van der Waals surface area (Å²) in [6.07, 6.45) is -3.45. The minimum atomic E-state index is -4.81. The van der Waals surface area contributed by atoms with Gasteiger partial charge < -0.3 is 15.5 Å². The van der Waals surface area contributed by atoms with Gasteiger partial charge in [0.05, 0.1) is 11.0 Å². The number of rotatable bonds is 7. The van der Waals surface area contributed by atoms with Crippen molar-refractivity contribution in [2.45, 2.75) is 49.4 Å². The predicted octanol–water partition coefficient (Wildman–Crippen LogP) is 4.19. The molecular formula is C25H26BrF4N3O2. The average molecular weight is 556 g/mol. The summed E-state index contributed by atoms with van der Waals surface area (Å²) >= 11 is 3.37. The fourth-order valence-corrected chi connectivity index (χ4v) is 4.95. The zero-order chi connectivity index (χ0) is 25.4. The summed E-state index contributed by atoms with van der Waals surface area (Å²) in [5, 5.41) is 5.90. The molecule has 2 aromatic carbocycles. The predicted molar refractivity (Wildman–Crippen MR) is 126 cm³/mol. The number of hydrogen-bond donors (Lipinski definition) is 2. The summed E-state index contributed by atoms with van der Waals surface area (Å²) < 4.78 is 55.5. The maximum Gasteiger partial charge on any atom is 0.416 e. The van der Waals surface area contributed by atoms with E-state index < -0.39 is 34.9 Å². The molecule has 0 aromatic heterocycles. The molecule has 1 heterocycles. The van der Waals surface area contributed by atoms with Gasteiger partial charge in [0.2, 0.25) is 11.8 Å². The minimum absolute atomic E-state index is 0.145. The van der Waals surface area contributed by atoms with Crippen LogP contribution >= 0.6 is 15.9 Å². The van der Waals surface area contributed by atoms with Crippen LogP contribution in [0.25, 0.3) is 0 Å². The van der Waals surface area contributed by atoms with Crippen LogP contribution in [-0.2, 0) is 27.6 Å². The fourth-order valence-electron chi connectivity index (χ4n) is 4.68. The Bertz CT molecular complexity index is 1100. The molecule has 1 aliphatic heterocycles. The maximum atomic E-state index is 13.7. The van der Waals surface area contributed by atoms with Crippen molar-refractivity contribution in [2.75, 3.05) is 20.1 Å². The number of likely N-dealkylation sites (tertiary alicyclic amines) is 1. The van der Waals surface area contributed by atoms with Gasteiger partial charge in [0.15, 0.2) is 0 Å². The van der Waals surface area contributed by atoms with Gasteiger partial charge in [0, 0.05) is 30.0 Å². The Labute approximate surface area is 209 Å². The van der Waals surface area contributed by atoms with Gasteiger partial charge in [-0.15, -0.1) is 0 Å². The third-order valence-electron chi connectivity index (χ3n) is 6.85. The lowest BCUT2D eigenvalue weighted by atomic mass is 9.89. The number of likely N-dealkylation sites (N-methyl/N-ethyl adjacent to an activating group) is 1. The first kappa shape index (κ1) is 25.6. The van der Waals surface area contributed by atoms with Crippen LogP contribution in [-0.4, -0.2) is 48.9 Å². The number of nitrogens with one attached hydrogen (secondary N) is 2. The molecule has 0 bridgehead atoms. The van der Waals surface area contributed by atoms with Crippen molar-refractivity contribution in [1.29, 1.82) is 0 Å². The molecule has 0 unspecified atom stereocenters. The van der Waals surface area contributed by atoms with Crippen LogP contribution < -0.4 is 10.6 Å². The highest BCUT2D eigenvalue weighted by molar-refractivity contribution is 9.10. The van der Waals surface area contributed by atoms with E-state index in [-0.39, 0.29) is 36.8 Å². The van der Waals surface area contributed by atoms with Crippen LogP contribution in [0.15, 0.2) is 46.9 Å². The van der Waals surface area contributed by atoms with Gasteiger partial charge in [-0.2, -0.15) is 13.2 Å². The highest BCUT2D eigenvalue weighted by atomic mass is 79.9. The number of carbonyl (C=O) groups excluding carboxylic acids is 2. The molecule has 1 saturated heterocycles. The summed E-state index contributed by atoms with van der Waals surface area (Å²) in [4.78, 5) is 28.5. The van der Waals surface area contributed by atoms with Gasteiger partial charge in [0.1, 0.15) is 11.9 Å². The molecule has 4 rings (SSSR count). The monoisotopic (exact) mass is 555 g/mol. The Morgan fingerprint density at radius 2 is 1.86 bits per heavy atom. The highest BCUT2D eigenvalue weighted by Crippen LogP contribution is 2.52. The average Bonchev–Trinajstić information content (AvgIpc) is 3.48. The van der Waals surface area contributed by atoms with E-state index >= 15 is 0 Å². The zero-order valence-corrected chi connectivity index (χ0v) is 20.7. The van der Waals surface area contributed by atoms with Crippen molar-refractivity contribution in [2.24, 2.45) is 0 Å². The largest absolute Gasteiger partial charge is 0.416 e. The molecule has 2 N–H and O–H groups in total. The standard InChI is InChI=1S/C25H26BrF4N3O2/c1-31-18-8-11-33(14-18)22(34)21(12-15-2-4-16(26)5-3-15)32-23(35)24(9-10-24)19-7-6-17(27)13-20(19)25(28,29)30/h2-7,13,18,21,31H,8-12,14H2,1H3,(H,32,35)/t18-,21-/m0/s1. The van der Waals surface area contributed by atoms with E-state index in [1.165, 1.54) is 0 Å². The molecule has 35 heavy (non-hydrogen) atoms. The normalized spacial score (nSPS) is 19.9. The van der Waals surface area contributed by atoms with Gasteiger partial charge in [-0.3, -0.25) is 9.59 Å². The molecule has 1 saturated carbocycles. The number of halogens is 5. The van der Waals surface area contributed by atoms with Crippen molar-refractivity contribution in [1.82, 2.24) is 15.5 Å². The molecule has 0 spiro atoms. The molecule has 10 heteroatoms. The van der Waals surface area contributed by atoms with E-state index in [2.05, 4.69) is 26.6 Å². The van der Waals surface area contributed by atoms with Gasteiger partial charge in [-0.1, -0.05) is 34.1 Å². The second-order valence-electron chi connectivity index (χ2n) is 9.18. The number of benzene rings is 2. The molecule has 2 fully saturated rings. The van der Waals surface area contributed by atoms with E-state index in [1.807, 2.05) is 31.3 Å². The Balaban J connectivity index is 1.61. The van der Waals surface area contributed by atoms with Crippen molar-refractivity contribution in [3.8, 4) is 0 Å². The second-order valence-corrected chi connectivity index (χ2v) is 10.1. The Morgan fingerprint density at radius 1 is 1.17 bits per heavy atom. The SMILES string of the molecule is CN[C@H]1CCN(C(=O)[C@H](Cc2ccc(Br)cc2)NC(=O)C2(c3ccc(F)cc3C(F)(F)F)CC2)C1. The molecule has 0 radical (unpaired) electrons. The minimum Gasteiger partial charge on any atom is -0.343 e. The van der Waals surface area contributed by atoms with Gasteiger partial charge in [0.25, 0.3) is 0 Å². The smallest absolute Gasteiger partial charge is 0.343 e. The third kappa shape index (κ3) is 5.53. The first-order valence-corrected chi connectivity index (χ1v) is 12.2. The molecular weight excluding hydrogens is 530 g/mol. The van der Waals surface area contributed by atoms with Gasteiger partial charge >= 0.3 is 6.18 Å². The molecule has 2 aromatic rings. The van der Waals surface area contributed by atoms with Gasteiger partial charge in [-0.25, -0.2) is 4.39 Å². The van der Waals surface area contributed by atoms with Crippen LogP contribution in [0.4, 0.5) is 17.6 Å². The maximum absolute atomic E-state index is 13.7. The van der Waals surface area contributed by atoms with E-state index in [1.54, 1.807) is 4.90 Å². The molecule has 1 aliphatic carbocycles. The number of nitrogens with zero attached hydrogens (tertiary/aromatic N) is 1. The fraction of sp³-hybridized carbons (Fsp3) is 0.440. The second kappa shape index (κ2) is 9.89. The number of alkyl halides is 3. The van der Waals surface area contributed by atoms with E-state index in [4.69, 9.17) is 0 Å². The van der Waals surface area contributed by atoms with Crippen LogP contribution in [0.5, 0.6) is 0 Å². The molecule has 2 atom stereocenters. The molecule has 188 valence electrons. The molecule has 5 nitrogen and oxygen atoms in total. The van der Waals surface area contributed by atoms with Crippen molar-refractivity contribution in [3.63, 3.8) is 0 Å². The van der Waals surface area contributed by atoms with E-state index in [0.29, 0.717) is 19.2 Å². The van der Waals surface area contributed by atoms with Crippen molar-refractivity contribution < 1.29 is 27.2 Å². The summed E-state index contributed by atoms with van der Waals surface area (Å²) in [5.41, 5.74) is -2.04. The first-order valence-electron chi connectivity index (χ1n) is 11.4. The topological polar surface area (TPSA) is 61.4 Å². The van der Waals surface area contributed by atoms with Crippen LogP contribution in [0.1, 0.15) is 36.0 Å². The summed E-state index contributed by atoms with van der Waals surface area (Å²) in [7, 11) is 1.82. The van der Waals surface area contributed by atoms with E-state index in [9.17, 15) is 27.2 Å². The number of hydrogen-bond acceptors (Lipinski definition) is 3. The molecule has 2 amide bonds. The lowest BCUT2D eigenvalue weighted by molar-refractivity contribution is -0.140. The zero-order valence-electron chi connectivity index (χ0n) is 19.1. The summed E-state index contributed by atoms with van der Waals surface area (Å²) in [5.74, 6) is -1.94. The Kier molecular flexibility index (Phi) is 7.24. The number of amides is 2. The summed E-state index contributed by atoms with van der Waals surface area (Å²) in [6.45, 7) is 1.02. The first-order chi connectivity index (χ1) is 16.5. The number of carbonyl (C=O) groups is 2. The lowest BCUT2D eigenvalue weighted by Gasteiger charge is -2.27. The van der Waals surface area contributed by atoms with Crippen LogP contribution in [0.3, 0.4) is 0 Å². The van der Waals surface area contributed by atoms with Gasteiger partial charge in [-0.05, 0) is 61.7 Å². The molecule has 2 aliphatic rings. The van der Waals surface area contributed by atoms with Crippen molar-refractivity contribution >= 4 is 27.7 Å². The third-order valence-corrected chi connectivity index (χ3v) is 7.38. The lowest BCUT2D eigenvalue weighted by Crippen LogP contribution is -2.52. The Morgan fingerprint density at radius 3 is 2.43 bits per heavy atom. The highest BCUT2D eigenvalue weighted by Gasteiger charge is 2.55.